The van der Waals surface area contributed by atoms with Crippen molar-refractivity contribution >= 4 is 33.4 Å². The van der Waals surface area contributed by atoms with Crippen molar-refractivity contribution in [2.75, 3.05) is 18.1 Å². The monoisotopic (exact) mass is 482 g/mol. The number of carbonyl (C=O) groups is 3. The number of β-amino-alcohol motifs (C(OH)–C–C–N with tert-alkyl or cyclic N) is 1. The lowest BCUT2D eigenvalue weighted by molar-refractivity contribution is -0.122. The summed E-state index contributed by atoms with van der Waals surface area (Å²) in [5, 5.41) is 10.3. The molecule has 2 aromatic rings. The quantitative estimate of drug-likeness (QED) is 0.492. The Hall–Kier alpha value is -3.50. The van der Waals surface area contributed by atoms with Gasteiger partial charge < -0.3 is 9.84 Å². The number of ether oxygens (including phenoxy) is 1. The van der Waals surface area contributed by atoms with Crippen LogP contribution in [0.15, 0.2) is 65.6 Å². The number of amides is 3. The van der Waals surface area contributed by atoms with E-state index in [-0.39, 0.29) is 40.7 Å². The van der Waals surface area contributed by atoms with Gasteiger partial charge in [0.25, 0.3) is 15.9 Å². The number of hydrogen-bond acceptors (Lipinski definition) is 7. The van der Waals surface area contributed by atoms with Gasteiger partial charge in [-0.15, -0.1) is 0 Å². The predicted octanol–water partition coefficient (Wildman–Crippen LogP) is 1.73. The fourth-order valence-corrected chi connectivity index (χ4v) is 6.20. The lowest BCUT2D eigenvalue weighted by Crippen LogP contribution is -2.39. The lowest BCUT2D eigenvalue weighted by Gasteiger charge is -2.20. The molecule has 34 heavy (non-hydrogen) atoms. The van der Waals surface area contributed by atoms with Gasteiger partial charge in [0.2, 0.25) is 11.8 Å². The van der Waals surface area contributed by atoms with Crippen LogP contribution >= 0.6 is 0 Å². The van der Waals surface area contributed by atoms with Gasteiger partial charge in [0.15, 0.2) is 0 Å². The number of aliphatic hydroxyl groups is 1. The second-order valence-corrected chi connectivity index (χ2v) is 10.3. The summed E-state index contributed by atoms with van der Waals surface area (Å²) in [5.74, 6) is -1.38. The van der Waals surface area contributed by atoms with Crippen LogP contribution in [0.4, 0.5) is 5.69 Å². The average molecular weight is 483 g/mol. The molecule has 0 bridgehead atoms. The summed E-state index contributed by atoms with van der Waals surface area (Å²) in [4.78, 5) is 39.0. The molecule has 0 radical (unpaired) electrons. The zero-order valence-corrected chi connectivity index (χ0v) is 18.8. The number of benzene rings is 2. The van der Waals surface area contributed by atoms with Gasteiger partial charge in [0.05, 0.1) is 29.6 Å². The Kier molecular flexibility index (Phi) is 5.49. The molecule has 1 N–H and O–H groups in total. The first-order valence-electron chi connectivity index (χ1n) is 10.9. The molecule has 1 fully saturated rings. The van der Waals surface area contributed by atoms with Gasteiger partial charge in [-0.25, -0.2) is 12.7 Å². The van der Waals surface area contributed by atoms with E-state index in [0.29, 0.717) is 28.6 Å². The van der Waals surface area contributed by atoms with E-state index in [1.54, 1.807) is 30.3 Å². The fraction of sp³-hybridized carbons (Fsp3) is 0.292. The molecule has 0 unspecified atom stereocenters. The largest absolute Gasteiger partial charge is 0.491 e. The highest BCUT2D eigenvalue weighted by Gasteiger charge is 2.47. The van der Waals surface area contributed by atoms with Crippen LogP contribution < -0.4 is 9.64 Å². The highest BCUT2D eigenvalue weighted by Crippen LogP contribution is 2.38. The number of aliphatic hydroxyl groups excluding tert-OH is 1. The lowest BCUT2D eigenvalue weighted by atomic mass is 9.85. The normalized spacial score (nSPS) is 23.7. The zero-order chi connectivity index (χ0) is 24.0. The Bertz CT molecular complexity index is 1280. The second kappa shape index (κ2) is 8.37. The second-order valence-electron chi connectivity index (χ2n) is 8.46. The van der Waals surface area contributed by atoms with Gasteiger partial charge in [-0.05, 0) is 49.2 Å². The summed E-state index contributed by atoms with van der Waals surface area (Å²) < 4.78 is 31.4. The molecule has 5 rings (SSSR count). The van der Waals surface area contributed by atoms with Crippen molar-refractivity contribution in [3.05, 3.63) is 66.2 Å². The van der Waals surface area contributed by atoms with Crippen LogP contribution in [-0.2, 0) is 19.6 Å². The maximum Gasteiger partial charge on any atom is 0.269 e. The number of carbonyl (C=O) groups excluding carboxylic acids is 3. The molecule has 3 amide bonds. The topological polar surface area (TPSA) is 121 Å². The Balaban J connectivity index is 1.21. The third-order valence-corrected chi connectivity index (χ3v) is 8.14. The molecule has 2 aromatic carbocycles. The number of nitrogens with zero attached hydrogens (tertiary/aromatic N) is 2. The van der Waals surface area contributed by atoms with Crippen molar-refractivity contribution < 1.29 is 32.6 Å². The first-order valence-corrected chi connectivity index (χ1v) is 12.3. The van der Waals surface area contributed by atoms with Crippen molar-refractivity contribution in [2.24, 2.45) is 11.8 Å². The molecular formula is C24H22N2O7S. The van der Waals surface area contributed by atoms with Gasteiger partial charge in [-0.2, -0.15) is 0 Å². The van der Waals surface area contributed by atoms with E-state index < -0.39 is 28.6 Å². The highest BCUT2D eigenvalue weighted by atomic mass is 32.2. The molecule has 3 atom stereocenters. The van der Waals surface area contributed by atoms with Crippen molar-refractivity contribution in [1.82, 2.24) is 4.31 Å². The van der Waals surface area contributed by atoms with Crippen molar-refractivity contribution in [3.63, 3.8) is 0 Å². The standard InChI is InChI=1S/C24H22N2O7S/c27-16(13-25-22(28)20-7-3-4-8-21(20)34(25,31)32)14-33-17-11-9-15(10-12-17)26-23(29)18-5-1-2-6-19(18)24(26)30/h1-4,7-12,16,18-19,27H,5-6,13-14H2/t16-,18-,19-/m0/s1. The molecule has 10 heteroatoms. The molecule has 176 valence electrons. The number of sulfonamides is 1. The summed E-state index contributed by atoms with van der Waals surface area (Å²) in [7, 11) is -4.01. The molecule has 9 nitrogen and oxygen atoms in total. The molecular weight excluding hydrogens is 460 g/mol. The van der Waals surface area contributed by atoms with Crippen molar-refractivity contribution in [1.29, 1.82) is 0 Å². The van der Waals surface area contributed by atoms with Crippen LogP contribution in [0.5, 0.6) is 5.75 Å². The number of hydrogen-bond donors (Lipinski definition) is 1. The molecule has 1 saturated heterocycles. The van der Waals surface area contributed by atoms with Crippen LogP contribution in [0.1, 0.15) is 23.2 Å². The number of allylic oxidation sites excluding steroid dienone is 2. The van der Waals surface area contributed by atoms with E-state index in [1.807, 2.05) is 12.2 Å². The minimum Gasteiger partial charge on any atom is -0.491 e. The third-order valence-electron chi connectivity index (χ3n) is 6.33. The van der Waals surface area contributed by atoms with E-state index in [9.17, 15) is 27.9 Å². The SMILES string of the molecule is O=C1[C@H]2CC=CC[C@@H]2C(=O)N1c1ccc(OC[C@@H](O)CN2C(=O)c3ccccc3S2(=O)=O)cc1. The number of fused-ring (bicyclic) bond motifs is 2. The molecule has 0 aromatic heterocycles. The number of rotatable bonds is 6. The Morgan fingerprint density at radius 3 is 2.18 bits per heavy atom. The third kappa shape index (κ3) is 3.59. The first kappa shape index (κ1) is 22.3. The summed E-state index contributed by atoms with van der Waals surface area (Å²) >= 11 is 0. The van der Waals surface area contributed by atoms with Gasteiger partial charge in [0.1, 0.15) is 23.4 Å². The minimum atomic E-state index is -4.01. The average Bonchev–Trinajstić information content (AvgIpc) is 3.21. The van der Waals surface area contributed by atoms with Crippen LogP contribution in [0.2, 0.25) is 0 Å². The Morgan fingerprint density at radius 1 is 0.941 bits per heavy atom. The summed E-state index contributed by atoms with van der Waals surface area (Å²) in [5.41, 5.74) is 0.525. The van der Waals surface area contributed by atoms with Crippen molar-refractivity contribution in [3.8, 4) is 5.75 Å². The van der Waals surface area contributed by atoms with E-state index in [2.05, 4.69) is 0 Å². The van der Waals surface area contributed by atoms with Crippen LogP contribution in [0, 0.1) is 11.8 Å². The van der Waals surface area contributed by atoms with Gasteiger partial charge in [-0.3, -0.25) is 19.3 Å². The van der Waals surface area contributed by atoms with Gasteiger partial charge in [-0.1, -0.05) is 24.3 Å². The minimum absolute atomic E-state index is 0.0767. The van der Waals surface area contributed by atoms with Crippen molar-refractivity contribution in [2.45, 2.75) is 23.8 Å². The van der Waals surface area contributed by atoms with Crippen LogP contribution in [-0.4, -0.2) is 54.8 Å². The maximum atomic E-state index is 12.7. The molecule has 3 aliphatic rings. The Morgan fingerprint density at radius 2 is 1.56 bits per heavy atom. The predicted molar refractivity (Wildman–Crippen MR) is 120 cm³/mol. The smallest absolute Gasteiger partial charge is 0.269 e. The summed E-state index contributed by atoms with van der Waals surface area (Å²) in [6, 6.07) is 12.2. The first-order chi connectivity index (χ1) is 16.3. The van der Waals surface area contributed by atoms with E-state index >= 15 is 0 Å². The molecule has 2 aliphatic heterocycles. The summed E-state index contributed by atoms with van der Waals surface area (Å²) in [6.45, 7) is -0.700. The zero-order valence-electron chi connectivity index (χ0n) is 18.0. The fourth-order valence-electron chi connectivity index (χ4n) is 4.59. The molecule has 2 heterocycles. The van der Waals surface area contributed by atoms with Gasteiger partial charge in [0, 0.05) is 0 Å². The highest BCUT2D eigenvalue weighted by molar-refractivity contribution is 7.90. The number of anilines is 1. The van der Waals surface area contributed by atoms with E-state index in [0.717, 1.165) is 0 Å². The molecule has 0 saturated carbocycles. The van der Waals surface area contributed by atoms with E-state index in [1.165, 1.54) is 23.1 Å². The Labute approximate surface area is 196 Å². The molecule has 1 aliphatic carbocycles. The molecule has 0 spiro atoms. The maximum absolute atomic E-state index is 12.7. The van der Waals surface area contributed by atoms with Crippen LogP contribution in [0.25, 0.3) is 0 Å². The summed E-state index contributed by atoms with van der Waals surface area (Å²) in [6.07, 6.45) is 3.72. The number of imide groups is 1. The van der Waals surface area contributed by atoms with E-state index in [4.69, 9.17) is 4.74 Å². The van der Waals surface area contributed by atoms with Gasteiger partial charge >= 0.3 is 0 Å². The van der Waals surface area contributed by atoms with Crippen LogP contribution in [0.3, 0.4) is 0 Å².